The summed E-state index contributed by atoms with van der Waals surface area (Å²) in [5, 5.41) is 2.27. The minimum Gasteiger partial charge on any atom is -0.368 e. The number of carbonyl (C=O) groups is 2. The zero-order chi connectivity index (χ0) is 11.3. The molecule has 0 aliphatic carbocycles. The number of nitrogens with one attached hydrogen (secondary N) is 2. The Hall–Kier alpha value is -2.22. The number of nitrogens with two attached hydrogens (primary N) is 2. The summed E-state index contributed by atoms with van der Waals surface area (Å²) in [5.74, 6) is 4.16. The molecule has 15 heavy (non-hydrogen) atoms. The van der Waals surface area contributed by atoms with Crippen molar-refractivity contribution in [3.63, 3.8) is 0 Å². The Labute approximate surface area is 85.0 Å². The molecule has 0 radical (unpaired) electrons. The molecule has 80 valence electrons. The Balaban J connectivity index is 2.69. The third-order valence-electron chi connectivity index (χ3n) is 1.44. The first-order valence-corrected chi connectivity index (χ1v) is 3.98. The number of nitrogen functional groups attached to an aromatic ring is 1. The van der Waals surface area contributed by atoms with Crippen LogP contribution in [0.4, 0.5) is 5.82 Å². The van der Waals surface area contributed by atoms with Gasteiger partial charge in [-0.3, -0.25) is 14.6 Å². The standard InChI is InChI=1S/C7H10N6O2/c8-5(14)2-11-7(15)4-1-10-3-6(12-4)13-9/h1,3H,2,9H2,(H2,8,14)(H,11,15)(H,12,13). The summed E-state index contributed by atoms with van der Waals surface area (Å²) < 4.78 is 0. The Morgan fingerprint density at radius 2 is 2.13 bits per heavy atom. The van der Waals surface area contributed by atoms with Crippen LogP contribution in [0, 0.1) is 0 Å². The first-order chi connectivity index (χ1) is 7.13. The molecule has 0 unspecified atom stereocenters. The molecule has 0 bridgehead atoms. The fourth-order valence-corrected chi connectivity index (χ4v) is 0.803. The van der Waals surface area contributed by atoms with E-state index in [2.05, 4.69) is 20.7 Å². The lowest BCUT2D eigenvalue weighted by atomic mass is 10.4. The van der Waals surface area contributed by atoms with Gasteiger partial charge in [-0.1, -0.05) is 0 Å². The van der Waals surface area contributed by atoms with Gasteiger partial charge in [-0.2, -0.15) is 0 Å². The molecule has 0 spiro atoms. The summed E-state index contributed by atoms with van der Waals surface area (Å²) in [4.78, 5) is 29.3. The van der Waals surface area contributed by atoms with Crippen molar-refractivity contribution in [2.75, 3.05) is 12.0 Å². The summed E-state index contributed by atoms with van der Waals surface area (Å²) >= 11 is 0. The minimum absolute atomic E-state index is 0.0479. The van der Waals surface area contributed by atoms with Crippen LogP contribution in [0.5, 0.6) is 0 Å². The largest absolute Gasteiger partial charge is 0.368 e. The highest BCUT2D eigenvalue weighted by molar-refractivity contribution is 5.94. The molecular weight excluding hydrogens is 200 g/mol. The second-order valence-electron chi connectivity index (χ2n) is 2.58. The van der Waals surface area contributed by atoms with Crippen LogP contribution in [-0.4, -0.2) is 28.3 Å². The highest BCUT2D eigenvalue weighted by Gasteiger charge is 2.08. The summed E-state index contributed by atoms with van der Waals surface area (Å²) in [6.45, 7) is -0.249. The number of amides is 2. The zero-order valence-corrected chi connectivity index (χ0v) is 7.73. The van der Waals surface area contributed by atoms with Crippen molar-refractivity contribution in [2.45, 2.75) is 0 Å². The van der Waals surface area contributed by atoms with Crippen LogP contribution in [-0.2, 0) is 4.79 Å². The van der Waals surface area contributed by atoms with Crippen LogP contribution < -0.4 is 22.3 Å². The van der Waals surface area contributed by atoms with Gasteiger partial charge >= 0.3 is 0 Å². The van der Waals surface area contributed by atoms with Gasteiger partial charge < -0.3 is 16.5 Å². The maximum Gasteiger partial charge on any atom is 0.272 e. The van der Waals surface area contributed by atoms with Crippen molar-refractivity contribution < 1.29 is 9.59 Å². The van der Waals surface area contributed by atoms with Gasteiger partial charge in [0.1, 0.15) is 5.69 Å². The molecule has 0 aromatic carbocycles. The van der Waals surface area contributed by atoms with E-state index in [1.807, 2.05) is 0 Å². The maximum atomic E-state index is 11.3. The summed E-state index contributed by atoms with van der Waals surface area (Å²) in [6, 6.07) is 0. The molecule has 8 nitrogen and oxygen atoms in total. The van der Waals surface area contributed by atoms with Gasteiger partial charge in [-0.05, 0) is 0 Å². The van der Waals surface area contributed by atoms with Gasteiger partial charge in [-0.15, -0.1) is 0 Å². The molecule has 0 aliphatic heterocycles. The van der Waals surface area contributed by atoms with Crippen LogP contribution in [0.2, 0.25) is 0 Å². The number of primary amides is 1. The Bertz CT molecular complexity index is 379. The number of rotatable bonds is 4. The fraction of sp³-hybridized carbons (Fsp3) is 0.143. The predicted octanol–water partition coefficient (Wildman–Crippen LogP) is -2.02. The van der Waals surface area contributed by atoms with E-state index in [1.54, 1.807) is 0 Å². The lowest BCUT2D eigenvalue weighted by Crippen LogP contribution is -2.33. The Morgan fingerprint density at radius 3 is 2.73 bits per heavy atom. The molecule has 1 aromatic rings. The normalized spacial score (nSPS) is 9.40. The number of hydrogen-bond acceptors (Lipinski definition) is 6. The average molecular weight is 210 g/mol. The van der Waals surface area contributed by atoms with Gasteiger partial charge in [-0.25, -0.2) is 10.8 Å². The topological polar surface area (TPSA) is 136 Å². The Kier molecular flexibility index (Phi) is 3.52. The number of anilines is 1. The molecule has 0 saturated carbocycles. The molecule has 6 N–H and O–H groups in total. The average Bonchev–Trinajstić information content (AvgIpc) is 2.26. The predicted molar refractivity (Wildman–Crippen MR) is 51.4 cm³/mol. The van der Waals surface area contributed by atoms with Crippen LogP contribution in [0.15, 0.2) is 12.4 Å². The SMILES string of the molecule is NNc1cncc(C(=O)NCC(N)=O)n1. The van der Waals surface area contributed by atoms with Gasteiger partial charge in [0.05, 0.1) is 18.9 Å². The van der Waals surface area contributed by atoms with E-state index in [0.29, 0.717) is 0 Å². The van der Waals surface area contributed by atoms with Gasteiger partial charge in [0.2, 0.25) is 5.91 Å². The highest BCUT2D eigenvalue weighted by atomic mass is 16.2. The van der Waals surface area contributed by atoms with E-state index in [-0.39, 0.29) is 18.1 Å². The number of aromatic nitrogens is 2. The fourth-order valence-electron chi connectivity index (χ4n) is 0.803. The van der Waals surface area contributed by atoms with E-state index >= 15 is 0 Å². The molecule has 2 amide bonds. The lowest BCUT2D eigenvalue weighted by molar-refractivity contribution is -0.117. The van der Waals surface area contributed by atoms with Crippen molar-refractivity contribution in [3.05, 3.63) is 18.1 Å². The van der Waals surface area contributed by atoms with E-state index in [0.717, 1.165) is 0 Å². The van der Waals surface area contributed by atoms with Crippen molar-refractivity contribution in [1.29, 1.82) is 0 Å². The minimum atomic E-state index is -0.635. The second-order valence-corrected chi connectivity index (χ2v) is 2.58. The van der Waals surface area contributed by atoms with Crippen LogP contribution in [0.3, 0.4) is 0 Å². The van der Waals surface area contributed by atoms with Crippen LogP contribution in [0.25, 0.3) is 0 Å². The lowest BCUT2D eigenvalue weighted by Gasteiger charge is -2.03. The number of hydrogen-bond donors (Lipinski definition) is 4. The van der Waals surface area contributed by atoms with Gasteiger partial charge in [0.25, 0.3) is 5.91 Å². The third kappa shape index (κ3) is 3.19. The third-order valence-corrected chi connectivity index (χ3v) is 1.44. The van der Waals surface area contributed by atoms with Crippen LogP contribution >= 0.6 is 0 Å². The first kappa shape index (κ1) is 10.9. The van der Waals surface area contributed by atoms with Crippen molar-refractivity contribution in [3.8, 4) is 0 Å². The first-order valence-electron chi connectivity index (χ1n) is 3.98. The monoisotopic (exact) mass is 210 g/mol. The van der Waals surface area contributed by atoms with Gasteiger partial charge in [0.15, 0.2) is 5.82 Å². The number of hydrazine groups is 1. The summed E-state index contributed by atoms with van der Waals surface area (Å²) in [7, 11) is 0. The smallest absolute Gasteiger partial charge is 0.272 e. The molecule has 0 fully saturated rings. The number of nitrogens with zero attached hydrogens (tertiary/aromatic N) is 2. The molecule has 8 heteroatoms. The Morgan fingerprint density at radius 1 is 1.40 bits per heavy atom. The molecule has 0 aliphatic rings. The van der Waals surface area contributed by atoms with Gasteiger partial charge in [0, 0.05) is 0 Å². The molecule has 0 saturated heterocycles. The summed E-state index contributed by atoms with van der Waals surface area (Å²) in [6.07, 6.45) is 2.60. The summed E-state index contributed by atoms with van der Waals surface area (Å²) in [5.41, 5.74) is 7.14. The van der Waals surface area contributed by atoms with Crippen molar-refractivity contribution in [1.82, 2.24) is 15.3 Å². The van der Waals surface area contributed by atoms with Crippen molar-refractivity contribution >= 4 is 17.6 Å². The highest BCUT2D eigenvalue weighted by Crippen LogP contribution is 1.99. The zero-order valence-electron chi connectivity index (χ0n) is 7.73. The van der Waals surface area contributed by atoms with E-state index in [9.17, 15) is 9.59 Å². The van der Waals surface area contributed by atoms with E-state index < -0.39 is 11.8 Å². The number of carbonyl (C=O) groups excluding carboxylic acids is 2. The van der Waals surface area contributed by atoms with Crippen LogP contribution in [0.1, 0.15) is 10.5 Å². The molecule has 1 heterocycles. The molecule has 0 atom stereocenters. The molecule has 1 aromatic heterocycles. The quantitative estimate of drug-likeness (QED) is 0.334. The molecular formula is C7H10N6O2. The second kappa shape index (κ2) is 4.86. The van der Waals surface area contributed by atoms with E-state index in [4.69, 9.17) is 11.6 Å². The molecule has 1 rings (SSSR count). The van der Waals surface area contributed by atoms with E-state index in [1.165, 1.54) is 12.4 Å². The maximum absolute atomic E-state index is 11.3. The van der Waals surface area contributed by atoms with Crippen molar-refractivity contribution in [2.24, 2.45) is 11.6 Å².